The quantitative estimate of drug-likeness (QED) is 0.176. The Balaban J connectivity index is 1.11. The third kappa shape index (κ3) is 5.12. The summed E-state index contributed by atoms with van der Waals surface area (Å²) < 4.78 is 6.47. The van der Waals surface area contributed by atoms with Crippen molar-refractivity contribution < 1.29 is 4.42 Å². The molecule has 1 aromatic heterocycles. The summed E-state index contributed by atoms with van der Waals surface area (Å²) in [6.45, 7) is 0. The molecule has 2 nitrogen and oxygen atoms in total. The van der Waals surface area contributed by atoms with E-state index in [0.717, 1.165) is 55.9 Å². The molecule has 2 heteroatoms. The van der Waals surface area contributed by atoms with Crippen LogP contribution < -0.4 is 4.90 Å². The third-order valence-electron chi connectivity index (χ3n) is 10.3. The highest BCUT2D eigenvalue weighted by atomic mass is 16.3. The standard InChI is InChI=1S/C50H33NO/c1-3-12-35(13-4-1)46-32-38(39-24-29-45-49(33-39)52-48-31-26-36-15-8-10-20-44(36)50(45)48)25-30-47(46)51(40-17-5-2-6-18-40)41-27-22-37(23-28-41)43-21-11-16-34-14-7-9-19-42(34)43/h1-33H. The number of hydrogen-bond acceptors (Lipinski definition) is 2. The summed E-state index contributed by atoms with van der Waals surface area (Å²) >= 11 is 0. The van der Waals surface area contributed by atoms with Crippen LogP contribution in [0.15, 0.2) is 205 Å². The molecule has 0 N–H and O–H groups in total. The minimum atomic E-state index is 0.895. The van der Waals surface area contributed by atoms with E-state index in [-0.39, 0.29) is 0 Å². The van der Waals surface area contributed by atoms with Crippen LogP contribution in [0.5, 0.6) is 0 Å². The van der Waals surface area contributed by atoms with Crippen LogP contribution in [-0.4, -0.2) is 0 Å². The topological polar surface area (TPSA) is 16.4 Å². The van der Waals surface area contributed by atoms with Gasteiger partial charge in [-0.2, -0.15) is 0 Å². The zero-order valence-electron chi connectivity index (χ0n) is 28.4. The maximum atomic E-state index is 6.47. The zero-order chi connectivity index (χ0) is 34.4. The lowest BCUT2D eigenvalue weighted by Crippen LogP contribution is -2.11. The molecule has 0 atom stereocenters. The number of benzene rings is 9. The SMILES string of the molecule is c1ccc(-c2cc(-c3ccc4c(c3)oc3ccc5ccccc5c34)ccc2N(c2ccccc2)c2ccc(-c3cccc4ccccc34)cc2)cc1. The number of hydrogen-bond donors (Lipinski definition) is 0. The van der Waals surface area contributed by atoms with Crippen LogP contribution in [0.2, 0.25) is 0 Å². The first-order chi connectivity index (χ1) is 25.8. The van der Waals surface area contributed by atoms with Crippen LogP contribution >= 0.6 is 0 Å². The van der Waals surface area contributed by atoms with Gasteiger partial charge in [0.05, 0.1) is 5.69 Å². The number of nitrogens with zero attached hydrogens (tertiary/aromatic N) is 1. The van der Waals surface area contributed by atoms with E-state index in [1.54, 1.807) is 0 Å². The maximum Gasteiger partial charge on any atom is 0.136 e. The van der Waals surface area contributed by atoms with Crippen LogP contribution in [0.3, 0.4) is 0 Å². The minimum absolute atomic E-state index is 0.895. The second kappa shape index (κ2) is 12.5. The minimum Gasteiger partial charge on any atom is -0.456 e. The summed E-state index contributed by atoms with van der Waals surface area (Å²) in [7, 11) is 0. The predicted molar refractivity (Wildman–Crippen MR) is 220 cm³/mol. The highest BCUT2D eigenvalue weighted by Crippen LogP contribution is 2.44. The van der Waals surface area contributed by atoms with Crippen LogP contribution in [0.4, 0.5) is 17.1 Å². The van der Waals surface area contributed by atoms with Gasteiger partial charge in [0.15, 0.2) is 0 Å². The highest BCUT2D eigenvalue weighted by Gasteiger charge is 2.19. The monoisotopic (exact) mass is 663 g/mol. The van der Waals surface area contributed by atoms with E-state index in [9.17, 15) is 0 Å². The fourth-order valence-electron chi connectivity index (χ4n) is 7.76. The maximum absolute atomic E-state index is 6.47. The molecule has 0 radical (unpaired) electrons. The molecule has 10 rings (SSSR count). The number of para-hydroxylation sites is 1. The Morgan fingerprint density at radius 1 is 0.327 bits per heavy atom. The normalized spacial score (nSPS) is 11.5. The number of furan rings is 1. The van der Waals surface area contributed by atoms with Gasteiger partial charge in [0.1, 0.15) is 11.2 Å². The molecule has 0 saturated heterocycles. The van der Waals surface area contributed by atoms with Gasteiger partial charge in [-0.3, -0.25) is 0 Å². The molecular weight excluding hydrogens is 631 g/mol. The first-order valence-corrected chi connectivity index (χ1v) is 17.8. The van der Waals surface area contributed by atoms with Crippen molar-refractivity contribution in [3.8, 4) is 33.4 Å². The molecule has 244 valence electrons. The molecule has 0 aliphatic heterocycles. The molecule has 0 bridgehead atoms. The van der Waals surface area contributed by atoms with Gasteiger partial charge >= 0.3 is 0 Å². The molecule has 9 aromatic carbocycles. The van der Waals surface area contributed by atoms with Crippen molar-refractivity contribution in [2.45, 2.75) is 0 Å². The van der Waals surface area contributed by atoms with Crippen molar-refractivity contribution in [1.29, 1.82) is 0 Å². The molecule has 52 heavy (non-hydrogen) atoms. The van der Waals surface area contributed by atoms with Crippen molar-refractivity contribution in [3.63, 3.8) is 0 Å². The van der Waals surface area contributed by atoms with Gasteiger partial charge in [0, 0.05) is 27.7 Å². The van der Waals surface area contributed by atoms with Gasteiger partial charge in [-0.1, -0.05) is 146 Å². The molecule has 0 spiro atoms. The van der Waals surface area contributed by atoms with Crippen LogP contribution in [-0.2, 0) is 0 Å². The fourth-order valence-corrected chi connectivity index (χ4v) is 7.76. The summed E-state index contributed by atoms with van der Waals surface area (Å²) in [5, 5.41) is 7.25. The molecule has 0 amide bonds. The highest BCUT2D eigenvalue weighted by molar-refractivity contribution is 6.19. The number of rotatable bonds is 6. The van der Waals surface area contributed by atoms with Gasteiger partial charge < -0.3 is 9.32 Å². The largest absolute Gasteiger partial charge is 0.456 e. The third-order valence-corrected chi connectivity index (χ3v) is 10.3. The lowest BCUT2D eigenvalue weighted by Gasteiger charge is -2.28. The molecule has 0 saturated carbocycles. The van der Waals surface area contributed by atoms with E-state index in [2.05, 4.69) is 205 Å². The summed E-state index contributed by atoms with van der Waals surface area (Å²) in [5.41, 5.74) is 12.1. The second-order valence-electron chi connectivity index (χ2n) is 13.3. The summed E-state index contributed by atoms with van der Waals surface area (Å²) in [5.74, 6) is 0. The van der Waals surface area contributed by atoms with E-state index >= 15 is 0 Å². The predicted octanol–water partition coefficient (Wildman–Crippen LogP) is 14.4. The van der Waals surface area contributed by atoms with E-state index in [4.69, 9.17) is 4.42 Å². The molecule has 0 fully saturated rings. The Morgan fingerprint density at radius 3 is 1.73 bits per heavy atom. The van der Waals surface area contributed by atoms with E-state index in [1.807, 2.05) is 0 Å². The van der Waals surface area contributed by atoms with Crippen molar-refractivity contribution in [1.82, 2.24) is 0 Å². The van der Waals surface area contributed by atoms with Crippen LogP contribution in [0.1, 0.15) is 0 Å². The Hall–Kier alpha value is -6.90. The average molecular weight is 664 g/mol. The average Bonchev–Trinajstić information content (AvgIpc) is 3.60. The fraction of sp³-hybridized carbons (Fsp3) is 0. The Labute approximate surface area is 302 Å². The van der Waals surface area contributed by atoms with E-state index < -0.39 is 0 Å². The molecule has 10 aromatic rings. The first kappa shape index (κ1) is 30.0. The van der Waals surface area contributed by atoms with Crippen LogP contribution in [0.25, 0.3) is 76.9 Å². The Bertz CT molecular complexity index is 2880. The summed E-state index contributed by atoms with van der Waals surface area (Å²) in [6, 6.07) is 71.7. The number of anilines is 3. The molecule has 0 unspecified atom stereocenters. The lowest BCUT2D eigenvalue weighted by molar-refractivity contribution is 0.669. The van der Waals surface area contributed by atoms with E-state index in [1.165, 1.54) is 38.1 Å². The van der Waals surface area contributed by atoms with Crippen LogP contribution in [0, 0.1) is 0 Å². The number of fused-ring (bicyclic) bond motifs is 6. The van der Waals surface area contributed by atoms with Gasteiger partial charge in [-0.05, 0) is 104 Å². The van der Waals surface area contributed by atoms with Gasteiger partial charge in [-0.15, -0.1) is 0 Å². The first-order valence-electron chi connectivity index (χ1n) is 17.8. The van der Waals surface area contributed by atoms with E-state index in [0.29, 0.717) is 0 Å². The summed E-state index contributed by atoms with van der Waals surface area (Å²) in [6.07, 6.45) is 0. The van der Waals surface area contributed by atoms with Gasteiger partial charge in [0.25, 0.3) is 0 Å². The molecular formula is C50H33NO. The van der Waals surface area contributed by atoms with Crippen molar-refractivity contribution >= 4 is 60.5 Å². The molecule has 0 aliphatic carbocycles. The van der Waals surface area contributed by atoms with Crippen molar-refractivity contribution in [2.24, 2.45) is 0 Å². The van der Waals surface area contributed by atoms with Gasteiger partial charge in [-0.25, -0.2) is 0 Å². The van der Waals surface area contributed by atoms with Crippen molar-refractivity contribution in [3.05, 3.63) is 200 Å². The zero-order valence-corrected chi connectivity index (χ0v) is 28.4. The second-order valence-corrected chi connectivity index (χ2v) is 13.3. The Kier molecular flexibility index (Phi) is 7.18. The summed E-state index contributed by atoms with van der Waals surface area (Å²) in [4.78, 5) is 2.37. The Morgan fingerprint density at radius 2 is 0.923 bits per heavy atom. The smallest absolute Gasteiger partial charge is 0.136 e. The molecule has 1 heterocycles. The lowest BCUT2D eigenvalue weighted by atomic mass is 9.95. The van der Waals surface area contributed by atoms with Gasteiger partial charge in [0.2, 0.25) is 0 Å². The van der Waals surface area contributed by atoms with Crippen molar-refractivity contribution in [2.75, 3.05) is 4.90 Å². The molecule has 0 aliphatic rings.